The van der Waals surface area contributed by atoms with Crippen LogP contribution in [0, 0.1) is 13.8 Å². The molecule has 0 radical (unpaired) electrons. The number of nitrogens with one attached hydrogen (secondary N) is 1. The Hall–Kier alpha value is -3.76. The fourth-order valence-electron chi connectivity index (χ4n) is 4.22. The lowest BCUT2D eigenvalue weighted by Gasteiger charge is -2.20. The van der Waals surface area contributed by atoms with Crippen LogP contribution in [0.2, 0.25) is 0 Å². The van der Waals surface area contributed by atoms with Crippen LogP contribution in [0.5, 0.6) is 5.75 Å². The van der Waals surface area contributed by atoms with Gasteiger partial charge in [-0.2, -0.15) is 18.3 Å². The van der Waals surface area contributed by atoms with Gasteiger partial charge in [0.2, 0.25) is 0 Å². The van der Waals surface area contributed by atoms with Crippen molar-refractivity contribution in [3.8, 4) is 5.75 Å². The van der Waals surface area contributed by atoms with Gasteiger partial charge in [-0.3, -0.25) is 14.3 Å². The maximum atomic E-state index is 13.6. The van der Waals surface area contributed by atoms with Crippen molar-refractivity contribution in [2.45, 2.75) is 59.2 Å². The number of carboxylic acid groups (broad SMARTS) is 1. The second-order valence-electron chi connectivity index (χ2n) is 8.96. The lowest BCUT2D eigenvalue weighted by atomic mass is 10.1. The van der Waals surface area contributed by atoms with Crippen LogP contribution in [0.3, 0.4) is 0 Å². The zero-order valence-corrected chi connectivity index (χ0v) is 21.4. The van der Waals surface area contributed by atoms with E-state index in [-0.39, 0.29) is 17.3 Å². The summed E-state index contributed by atoms with van der Waals surface area (Å²) in [4.78, 5) is 24.3. The fraction of sp³-hybridized carbons (Fsp3) is 0.423. The van der Waals surface area contributed by atoms with E-state index in [9.17, 15) is 22.8 Å². The Bertz CT molecular complexity index is 1290. The Kier molecular flexibility index (Phi) is 8.35. The highest BCUT2D eigenvalue weighted by molar-refractivity contribution is 6.04. The average Bonchev–Trinajstić information content (AvgIpc) is 3.33. The van der Waals surface area contributed by atoms with Crippen LogP contribution >= 0.6 is 0 Å². The highest BCUT2D eigenvalue weighted by Gasteiger charge is 2.34. The van der Waals surface area contributed by atoms with Gasteiger partial charge in [0.15, 0.2) is 5.75 Å². The first-order valence-corrected chi connectivity index (χ1v) is 11.9. The van der Waals surface area contributed by atoms with E-state index in [4.69, 9.17) is 9.84 Å². The molecule has 1 atom stereocenters. The van der Waals surface area contributed by atoms with E-state index in [0.29, 0.717) is 25.2 Å². The number of aromatic nitrogens is 3. The van der Waals surface area contributed by atoms with Crippen molar-refractivity contribution >= 4 is 17.6 Å². The summed E-state index contributed by atoms with van der Waals surface area (Å²) in [5.74, 6) is -1.21. The molecule has 2 heterocycles. The minimum atomic E-state index is -4.73. The molecule has 0 aliphatic carbocycles. The zero-order chi connectivity index (χ0) is 27.5. The fourth-order valence-corrected chi connectivity index (χ4v) is 4.22. The Morgan fingerprint density at radius 3 is 2.46 bits per heavy atom. The molecule has 1 amide bonds. The molecule has 3 rings (SSSR count). The van der Waals surface area contributed by atoms with Crippen LogP contribution in [-0.2, 0) is 30.9 Å². The maximum absolute atomic E-state index is 13.6. The van der Waals surface area contributed by atoms with Crippen LogP contribution in [-0.4, -0.2) is 37.9 Å². The predicted octanol–water partition coefficient (Wildman–Crippen LogP) is 5.33. The Morgan fingerprint density at radius 1 is 1.19 bits per heavy atom. The van der Waals surface area contributed by atoms with Crippen LogP contribution in [0.1, 0.15) is 65.0 Å². The lowest BCUT2D eigenvalue weighted by Crippen LogP contribution is -2.22. The highest BCUT2D eigenvalue weighted by atomic mass is 19.4. The van der Waals surface area contributed by atoms with Crippen molar-refractivity contribution in [2.75, 3.05) is 11.9 Å². The van der Waals surface area contributed by atoms with Crippen molar-refractivity contribution in [1.82, 2.24) is 14.3 Å². The summed E-state index contributed by atoms with van der Waals surface area (Å²) in [6.07, 6.45) is -4.04. The van der Waals surface area contributed by atoms with Gasteiger partial charge in [-0.05, 0) is 57.0 Å². The first kappa shape index (κ1) is 27.8. The van der Waals surface area contributed by atoms with Gasteiger partial charge < -0.3 is 19.7 Å². The number of anilines is 1. The minimum Gasteiger partial charge on any atom is -0.489 e. The Labute approximate surface area is 213 Å². The predicted molar refractivity (Wildman–Crippen MR) is 132 cm³/mol. The maximum Gasteiger partial charge on any atom is 0.418 e. The number of amides is 1. The first-order chi connectivity index (χ1) is 17.3. The number of nitrogens with zero attached hydrogens (tertiary/aromatic N) is 3. The summed E-state index contributed by atoms with van der Waals surface area (Å²) in [7, 11) is 1.83. The summed E-state index contributed by atoms with van der Waals surface area (Å²) in [5.41, 5.74) is 1.27. The molecular weight excluding hydrogens is 489 g/mol. The number of aliphatic carboxylic acids is 1. The van der Waals surface area contributed by atoms with Crippen molar-refractivity contribution in [1.29, 1.82) is 0 Å². The van der Waals surface area contributed by atoms with Gasteiger partial charge in [-0.1, -0.05) is 13.0 Å². The second kappa shape index (κ2) is 11.1. The number of carboxylic acids is 1. The quantitative estimate of drug-likeness (QED) is 0.377. The van der Waals surface area contributed by atoms with Gasteiger partial charge in [-0.15, -0.1) is 0 Å². The smallest absolute Gasteiger partial charge is 0.418 e. The number of carbonyl (C=O) groups excluding carboxylic acids is 1. The third-order valence-corrected chi connectivity index (χ3v) is 6.31. The Balaban J connectivity index is 1.87. The van der Waals surface area contributed by atoms with Gasteiger partial charge >= 0.3 is 12.1 Å². The molecule has 2 N–H and O–H groups in total. The second-order valence-corrected chi connectivity index (χ2v) is 8.96. The van der Waals surface area contributed by atoms with E-state index < -0.39 is 35.7 Å². The summed E-state index contributed by atoms with van der Waals surface area (Å²) < 4.78 is 50.3. The number of benzene rings is 1. The SMILES string of the molecule is CC[C@H](C)n1c(CCOc2c(C)nn(C)c2C)ccc1C(=O)Nc1cc(CC(=O)O)ccc1C(F)(F)F. The number of ether oxygens (including phenoxy) is 1. The van der Waals surface area contributed by atoms with E-state index >= 15 is 0 Å². The third-order valence-electron chi connectivity index (χ3n) is 6.31. The molecule has 3 aromatic rings. The molecule has 37 heavy (non-hydrogen) atoms. The third kappa shape index (κ3) is 6.33. The number of rotatable bonds is 10. The van der Waals surface area contributed by atoms with Gasteiger partial charge in [0.25, 0.3) is 5.91 Å². The zero-order valence-electron chi connectivity index (χ0n) is 21.4. The van der Waals surface area contributed by atoms with Gasteiger partial charge in [-0.25, -0.2) is 0 Å². The number of halogens is 3. The largest absolute Gasteiger partial charge is 0.489 e. The molecular formula is C26H31F3N4O4. The van der Waals surface area contributed by atoms with E-state index in [1.807, 2.05) is 34.7 Å². The minimum absolute atomic E-state index is 0.104. The van der Waals surface area contributed by atoms with Crippen LogP contribution in [0.4, 0.5) is 18.9 Å². The standard InChI is InChI=1S/C26H31F3N4O4/c1-6-15(2)33-19(11-12-37-24-16(3)31-32(5)17(24)4)8-10-22(33)25(36)30-21-13-18(14-23(34)35)7-9-20(21)26(27,28)29/h7-10,13,15H,6,11-12,14H2,1-5H3,(H,30,36)(H,34,35)/t15-/m0/s1. The topological polar surface area (TPSA) is 98.4 Å². The summed E-state index contributed by atoms with van der Waals surface area (Å²) in [6, 6.07) is 6.17. The molecule has 1 aromatic carbocycles. The number of hydrogen-bond donors (Lipinski definition) is 2. The summed E-state index contributed by atoms with van der Waals surface area (Å²) in [5, 5.41) is 15.7. The Morgan fingerprint density at radius 2 is 1.89 bits per heavy atom. The molecule has 0 saturated carbocycles. The number of aryl methyl sites for hydroxylation is 2. The van der Waals surface area contributed by atoms with Gasteiger partial charge in [0.1, 0.15) is 11.4 Å². The highest BCUT2D eigenvalue weighted by Crippen LogP contribution is 2.36. The summed E-state index contributed by atoms with van der Waals surface area (Å²) >= 11 is 0. The molecule has 0 aliphatic rings. The van der Waals surface area contributed by atoms with E-state index in [1.54, 1.807) is 21.4 Å². The molecule has 0 fully saturated rings. The average molecular weight is 521 g/mol. The number of hydrogen-bond acceptors (Lipinski definition) is 4. The van der Waals surface area contributed by atoms with Crippen molar-refractivity contribution in [2.24, 2.45) is 7.05 Å². The molecule has 0 spiro atoms. The van der Waals surface area contributed by atoms with Crippen molar-refractivity contribution in [3.63, 3.8) is 0 Å². The molecule has 0 unspecified atom stereocenters. The summed E-state index contributed by atoms with van der Waals surface area (Å²) in [6.45, 7) is 7.95. The molecule has 2 aromatic heterocycles. The van der Waals surface area contributed by atoms with Crippen molar-refractivity contribution < 1.29 is 32.6 Å². The van der Waals surface area contributed by atoms with E-state index in [0.717, 1.165) is 35.3 Å². The molecule has 8 nitrogen and oxygen atoms in total. The molecule has 200 valence electrons. The lowest BCUT2D eigenvalue weighted by molar-refractivity contribution is -0.137. The van der Waals surface area contributed by atoms with E-state index in [2.05, 4.69) is 10.4 Å². The number of alkyl halides is 3. The monoisotopic (exact) mass is 520 g/mol. The molecule has 0 saturated heterocycles. The molecule has 0 aliphatic heterocycles. The van der Waals surface area contributed by atoms with Crippen LogP contribution < -0.4 is 10.1 Å². The van der Waals surface area contributed by atoms with Crippen LogP contribution in [0.15, 0.2) is 30.3 Å². The van der Waals surface area contributed by atoms with Gasteiger partial charge in [0.05, 0.1) is 30.0 Å². The van der Waals surface area contributed by atoms with Gasteiger partial charge in [0, 0.05) is 25.2 Å². The molecule has 11 heteroatoms. The van der Waals surface area contributed by atoms with E-state index in [1.165, 1.54) is 0 Å². The molecule has 0 bridgehead atoms. The normalized spacial score (nSPS) is 12.4. The van der Waals surface area contributed by atoms with Crippen molar-refractivity contribution in [3.05, 3.63) is 64.2 Å². The van der Waals surface area contributed by atoms with Crippen LogP contribution in [0.25, 0.3) is 0 Å². The number of carbonyl (C=O) groups is 2. The first-order valence-electron chi connectivity index (χ1n) is 11.9.